The van der Waals surface area contributed by atoms with Crippen LogP contribution in [0.5, 0.6) is 0 Å². The van der Waals surface area contributed by atoms with Crippen molar-refractivity contribution >= 4 is 5.91 Å². The highest BCUT2D eigenvalue weighted by Gasteiger charge is 2.30. The quantitative estimate of drug-likeness (QED) is 0.714. The molecule has 0 bridgehead atoms. The van der Waals surface area contributed by atoms with Gasteiger partial charge in [0.15, 0.2) is 5.82 Å². The van der Waals surface area contributed by atoms with Crippen LogP contribution in [0.1, 0.15) is 17.8 Å². The Labute approximate surface area is 169 Å². The summed E-state index contributed by atoms with van der Waals surface area (Å²) in [6, 6.07) is 5.23. The van der Waals surface area contributed by atoms with E-state index in [4.69, 9.17) is 4.74 Å². The van der Waals surface area contributed by atoms with E-state index in [1.54, 1.807) is 16.8 Å². The lowest BCUT2D eigenvalue weighted by molar-refractivity contribution is -0.137. The van der Waals surface area contributed by atoms with Gasteiger partial charge in [-0.2, -0.15) is 5.10 Å². The second-order valence-corrected chi connectivity index (χ2v) is 7.82. The van der Waals surface area contributed by atoms with Gasteiger partial charge in [0.1, 0.15) is 0 Å². The Bertz CT molecular complexity index is 923. The minimum Gasteiger partial charge on any atom is -0.381 e. The molecule has 2 aromatic rings. The maximum Gasteiger partial charge on any atom is 0.266 e. The Balaban J connectivity index is 1.34. The van der Waals surface area contributed by atoms with Gasteiger partial charge in [-0.1, -0.05) is 0 Å². The lowest BCUT2D eigenvalue weighted by atomic mass is 10.1. The first-order valence-corrected chi connectivity index (χ1v) is 10.2. The zero-order valence-corrected chi connectivity index (χ0v) is 17.1. The van der Waals surface area contributed by atoms with E-state index in [1.807, 2.05) is 24.8 Å². The number of hydrogen-bond donors (Lipinski definition) is 0. The standard InChI is InChI=1S/C20H28N6O3/c1-15-13-16(2)26(21-15)18-3-4-19(27)25(22-18)11-8-23-6-9-24(10-7-23)20(28)17-5-12-29-14-17/h3-4,13,17H,5-12,14H2,1-2H3. The SMILES string of the molecule is Cc1cc(C)n(-c2ccc(=O)n(CCN3CCN(C(=O)C4CCOC4)CC3)n2)n1. The van der Waals surface area contributed by atoms with E-state index in [0.29, 0.717) is 25.6 Å². The van der Waals surface area contributed by atoms with Gasteiger partial charge in [-0.3, -0.25) is 14.5 Å². The van der Waals surface area contributed by atoms with Crippen LogP contribution in [0.2, 0.25) is 0 Å². The second kappa shape index (κ2) is 8.46. The Kier molecular flexibility index (Phi) is 5.77. The van der Waals surface area contributed by atoms with Crippen molar-refractivity contribution in [2.45, 2.75) is 26.8 Å². The molecule has 4 rings (SSSR count). The minimum atomic E-state index is -0.120. The zero-order valence-electron chi connectivity index (χ0n) is 17.1. The molecule has 9 heteroatoms. The number of hydrogen-bond acceptors (Lipinski definition) is 6. The first kappa shape index (κ1) is 19.8. The molecule has 0 spiro atoms. The lowest BCUT2D eigenvalue weighted by Gasteiger charge is -2.35. The van der Waals surface area contributed by atoms with Crippen molar-refractivity contribution < 1.29 is 9.53 Å². The third-order valence-corrected chi connectivity index (χ3v) is 5.67. The Morgan fingerprint density at radius 1 is 1.14 bits per heavy atom. The molecular weight excluding hydrogens is 372 g/mol. The highest BCUT2D eigenvalue weighted by atomic mass is 16.5. The van der Waals surface area contributed by atoms with E-state index in [-0.39, 0.29) is 17.4 Å². The average molecular weight is 400 g/mol. The number of aryl methyl sites for hydroxylation is 2. The summed E-state index contributed by atoms with van der Waals surface area (Å²) >= 11 is 0. The predicted molar refractivity (Wildman–Crippen MR) is 107 cm³/mol. The third-order valence-electron chi connectivity index (χ3n) is 5.67. The van der Waals surface area contributed by atoms with Crippen LogP contribution in [0.25, 0.3) is 5.82 Å². The number of carbonyl (C=O) groups excluding carboxylic acids is 1. The largest absolute Gasteiger partial charge is 0.381 e. The maximum atomic E-state index is 12.5. The van der Waals surface area contributed by atoms with Gasteiger partial charge in [-0.05, 0) is 32.4 Å². The first-order valence-electron chi connectivity index (χ1n) is 10.2. The molecule has 0 saturated carbocycles. The highest BCUT2D eigenvalue weighted by Crippen LogP contribution is 2.16. The number of aromatic nitrogens is 4. The molecule has 2 aliphatic rings. The number of piperazine rings is 1. The predicted octanol–water partition coefficient (Wildman–Crippen LogP) is 0.227. The first-order chi connectivity index (χ1) is 14.0. The van der Waals surface area contributed by atoms with E-state index in [9.17, 15) is 9.59 Å². The smallest absolute Gasteiger partial charge is 0.266 e. The van der Waals surface area contributed by atoms with E-state index in [0.717, 1.165) is 50.5 Å². The molecule has 2 saturated heterocycles. The van der Waals surface area contributed by atoms with Crippen LogP contribution in [0.3, 0.4) is 0 Å². The van der Waals surface area contributed by atoms with E-state index < -0.39 is 0 Å². The van der Waals surface area contributed by atoms with Gasteiger partial charge < -0.3 is 9.64 Å². The molecule has 0 aliphatic carbocycles. The van der Waals surface area contributed by atoms with Crippen molar-refractivity contribution in [3.05, 3.63) is 39.9 Å². The number of nitrogens with zero attached hydrogens (tertiary/aromatic N) is 6. The van der Waals surface area contributed by atoms with Crippen LogP contribution in [-0.4, -0.2) is 81.2 Å². The minimum absolute atomic E-state index is 0.0291. The monoisotopic (exact) mass is 400 g/mol. The van der Waals surface area contributed by atoms with E-state index >= 15 is 0 Å². The maximum absolute atomic E-state index is 12.5. The van der Waals surface area contributed by atoms with Crippen LogP contribution in [0.15, 0.2) is 23.0 Å². The Morgan fingerprint density at radius 3 is 2.59 bits per heavy atom. The Morgan fingerprint density at radius 2 is 1.93 bits per heavy atom. The van der Waals surface area contributed by atoms with Crippen LogP contribution >= 0.6 is 0 Å². The molecule has 4 heterocycles. The molecule has 0 radical (unpaired) electrons. The van der Waals surface area contributed by atoms with Crippen molar-refractivity contribution in [1.82, 2.24) is 29.4 Å². The van der Waals surface area contributed by atoms with Gasteiger partial charge in [-0.25, -0.2) is 9.36 Å². The fraction of sp³-hybridized carbons (Fsp3) is 0.600. The summed E-state index contributed by atoms with van der Waals surface area (Å²) in [5, 5.41) is 8.94. The topological polar surface area (TPSA) is 85.5 Å². The number of carbonyl (C=O) groups is 1. The zero-order chi connectivity index (χ0) is 20.4. The van der Waals surface area contributed by atoms with E-state index in [2.05, 4.69) is 15.1 Å². The highest BCUT2D eigenvalue weighted by molar-refractivity contribution is 5.79. The van der Waals surface area contributed by atoms with Crippen LogP contribution < -0.4 is 5.56 Å². The Hall–Kier alpha value is -2.52. The summed E-state index contributed by atoms with van der Waals surface area (Å²) in [4.78, 5) is 29.0. The molecule has 1 amide bonds. The molecule has 0 aromatic carbocycles. The summed E-state index contributed by atoms with van der Waals surface area (Å²) in [6.07, 6.45) is 0.833. The number of amides is 1. The normalized spacial score (nSPS) is 20.3. The van der Waals surface area contributed by atoms with Crippen molar-refractivity contribution in [1.29, 1.82) is 0 Å². The molecular formula is C20H28N6O3. The molecule has 2 fully saturated rings. The summed E-state index contributed by atoms with van der Waals surface area (Å²) in [6.45, 7) is 9.45. The van der Waals surface area contributed by atoms with Gasteiger partial charge in [0.25, 0.3) is 5.56 Å². The van der Waals surface area contributed by atoms with Crippen molar-refractivity contribution in [3.63, 3.8) is 0 Å². The van der Waals surface area contributed by atoms with Gasteiger partial charge in [0, 0.05) is 51.1 Å². The molecule has 156 valence electrons. The summed E-state index contributed by atoms with van der Waals surface area (Å²) in [7, 11) is 0. The van der Waals surface area contributed by atoms with E-state index in [1.165, 1.54) is 4.68 Å². The fourth-order valence-electron chi connectivity index (χ4n) is 3.99. The average Bonchev–Trinajstić information content (AvgIpc) is 3.37. The van der Waals surface area contributed by atoms with Crippen LogP contribution in [0.4, 0.5) is 0 Å². The molecule has 9 nitrogen and oxygen atoms in total. The summed E-state index contributed by atoms with van der Waals surface area (Å²) in [5.41, 5.74) is 1.78. The molecule has 0 N–H and O–H groups in total. The van der Waals surface area contributed by atoms with Gasteiger partial charge in [-0.15, -0.1) is 5.10 Å². The van der Waals surface area contributed by atoms with Gasteiger partial charge in [0.2, 0.25) is 5.91 Å². The number of rotatable bonds is 5. The van der Waals surface area contributed by atoms with Crippen molar-refractivity contribution in [2.24, 2.45) is 5.92 Å². The molecule has 1 atom stereocenters. The number of ether oxygens (including phenoxy) is 1. The second-order valence-electron chi connectivity index (χ2n) is 7.82. The molecule has 2 aromatic heterocycles. The molecule has 1 unspecified atom stereocenters. The van der Waals surface area contributed by atoms with Crippen LogP contribution in [-0.2, 0) is 16.1 Å². The lowest BCUT2D eigenvalue weighted by Crippen LogP contribution is -2.51. The summed E-state index contributed by atoms with van der Waals surface area (Å²) in [5.74, 6) is 0.892. The fourth-order valence-corrected chi connectivity index (χ4v) is 3.99. The molecule has 29 heavy (non-hydrogen) atoms. The molecule has 2 aliphatic heterocycles. The van der Waals surface area contributed by atoms with Crippen molar-refractivity contribution in [3.8, 4) is 5.82 Å². The van der Waals surface area contributed by atoms with Gasteiger partial charge >= 0.3 is 0 Å². The van der Waals surface area contributed by atoms with Crippen LogP contribution in [0, 0.1) is 19.8 Å². The van der Waals surface area contributed by atoms with Crippen molar-refractivity contribution in [2.75, 3.05) is 45.9 Å². The summed E-state index contributed by atoms with van der Waals surface area (Å²) < 4.78 is 8.59. The third kappa shape index (κ3) is 4.40. The van der Waals surface area contributed by atoms with Gasteiger partial charge in [0.05, 0.1) is 24.8 Å².